The molecule has 3 aromatic rings. The Labute approximate surface area is 178 Å². The van der Waals surface area contributed by atoms with E-state index in [2.05, 4.69) is 22.0 Å². The molecule has 0 aliphatic carbocycles. The van der Waals surface area contributed by atoms with Gasteiger partial charge in [-0.05, 0) is 48.2 Å². The first-order chi connectivity index (χ1) is 14.0. The summed E-state index contributed by atoms with van der Waals surface area (Å²) >= 11 is 12.2. The first-order valence-corrected chi connectivity index (χ1v) is 10.4. The summed E-state index contributed by atoms with van der Waals surface area (Å²) in [4.78, 5) is 30.0. The number of rotatable bonds is 5. The number of hydrogen-bond donors (Lipinski definition) is 1. The number of nitrogens with zero attached hydrogens (tertiary/aromatic N) is 2. The van der Waals surface area contributed by atoms with Gasteiger partial charge in [0.15, 0.2) is 0 Å². The average molecular weight is 430 g/mol. The minimum absolute atomic E-state index is 0.298. The van der Waals surface area contributed by atoms with Crippen LogP contribution in [0.2, 0.25) is 10.0 Å². The Bertz CT molecular complexity index is 1200. The molecule has 29 heavy (non-hydrogen) atoms. The molecule has 2 heterocycles. The van der Waals surface area contributed by atoms with Crippen molar-refractivity contribution in [3.05, 3.63) is 85.0 Å². The normalized spacial score (nSPS) is 14.9. The van der Waals surface area contributed by atoms with Gasteiger partial charge in [0, 0.05) is 31.2 Å². The van der Waals surface area contributed by atoms with Gasteiger partial charge in [-0.3, -0.25) is 14.3 Å². The predicted octanol–water partition coefficient (Wildman–Crippen LogP) is 4.18. The molecule has 0 bridgehead atoms. The van der Waals surface area contributed by atoms with Gasteiger partial charge in [0.2, 0.25) is 0 Å². The predicted molar refractivity (Wildman–Crippen MR) is 119 cm³/mol. The van der Waals surface area contributed by atoms with Crippen LogP contribution in [0.5, 0.6) is 0 Å². The topological polar surface area (TPSA) is 58.1 Å². The first kappa shape index (κ1) is 20.0. The molecule has 1 N–H and O–H groups in total. The minimum atomic E-state index is -0.419. The summed E-state index contributed by atoms with van der Waals surface area (Å²) in [5, 5.41) is 1.56. The second-order valence-corrected chi connectivity index (χ2v) is 8.04. The fraction of sp³-hybridized carbons (Fsp3) is 0.273. The lowest BCUT2D eigenvalue weighted by Crippen LogP contribution is -2.37. The van der Waals surface area contributed by atoms with Gasteiger partial charge in [0.1, 0.15) is 0 Å². The average Bonchev–Trinajstić information content (AvgIpc) is 2.72. The van der Waals surface area contributed by atoms with Crippen molar-refractivity contribution in [2.45, 2.75) is 19.4 Å². The van der Waals surface area contributed by atoms with Crippen LogP contribution >= 0.6 is 23.2 Å². The minimum Gasteiger partial charge on any atom is -0.305 e. The molecule has 0 radical (unpaired) electrons. The number of para-hydroxylation sites is 1. The smallest absolute Gasteiger partial charge is 0.305 e. The van der Waals surface area contributed by atoms with Gasteiger partial charge in [0.25, 0.3) is 5.56 Å². The second kappa shape index (κ2) is 8.57. The fourth-order valence-corrected chi connectivity index (χ4v) is 4.17. The highest BCUT2D eigenvalue weighted by atomic mass is 35.5. The first-order valence-electron chi connectivity index (χ1n) is 9.61. The number of aromatic amines is 1. The van der Waals surface area contributed by atoms with E-state index >= 15 is 0 Å². The highest BCUT2D eigenvalue weighted by Crippen LogP contribution is 2.24. The van der Waals surface area contributed by atoms with Gasteiger partial charge in [-0.15, -0.1) is 0 Å². The second-order valence-electron chi connectivity index (χ2n) is 7.19. The van der Waals surface area contributed by atoms with Gasteiger partial charge in [-0.25, -0.2) is 4.79 Å². The molecule has 2 aromatic carbocycles. The van der Waals surface area contributed by atoms with Gasteiger partial charge in [-0.2, -0.15) is 0 Å². The number of fused-ring (bicyclic) bond motifs is 1. The molecule has 150 valence electrons. The van der Waals surface area contributed by atoms with Crippen molar-refractivity contribution < 1.29 is 0 Å². The van der Waals surface area contributed by atoms with Crippen molar-refractivity contribution in [2.75, 3.05) is 19.6 Å². The number of hydrogen-bond acceptors (Lipinski definition) is 3. The maximum atomic E-state index is 12.7. The van der Waals surface area contributed by atoms with E-state index in [0.717, 1.165) is 37.5 Å². The maximum absolute atomic E-state index is 12.7. The zero-order valence-corrected chi connectivity index (χ0v) is 17.3. The van der Waals surface area contributed by atoms with Crippen LogP contribution in [0.4, 0.5) is 0 Å². The Kier molecular flexibility index (Phi) is 5.90. The third-order valence-corrected chi connectivity index (χ3v) is 5.86. The van der Waals surface area contributed by atoms with Crippen molar-refractivity contribution in [1.82, 2.24) is 14.5 Å². The molecule has 0 spiro atoms. The Balaban J connectivity index is 1.40. The number of H-pyrrole nitrogens is 1. The summed E-state index contributed by atoms with van der Waals surface area (Å²) in [5.41, 5.74) is 2.16. The number of aromatic nitrogens is 2. The molecule has 7 heteroatoms. The lowest BCUT2D eigenvalue weighted by molar-refractivity contribution is 0.290. The van der Waals surface area contributed by atoms with E-state index in [9.17, 15) is 9.59 Å². The van der Waals surface area contributed by atoms with Crippen LogP contribution in [-0.4, -0.2) is 34.1 Å². The summed E-state index contributed by atoms with van der Waals surface area (Å²) in [6.45, 7) is 2.98. The van der Waals surface area contributed by atoms with E-state index in [1.54, 1.807) is 18.2 Å². The molecule has 5 nitrogen and oxygen atoms in total. The Morgan fingerprint density at radius 3 is 2.62 bits per heavy atom. The Morgan fingerprint density at radius 1 is 1.03 bits per heavy atom. The molecular weight excluding hydrogens is 409 g/mol. The zero-order chi connectivity index (χ0) is 20.4. The van der Waals surface area contributed by atoms with Gasteiger partial charge in [0.05, 0.1) is 15.9 Å². The Hall–Kier alpha value is -2.34. The van der Waals surface area contributed by atoms with E-state index in [1.165, 1.54) is 15.7 Å². The van der Waals surface area contributed by atoms with E-state index in [-0.39, 0.29) is 5.56 Å². The fourth-order valence-electron chi connectivity index (χ4n) is 3.76. The molecule has 1 aliphatic rings. The van der Waals surface area contributed by atoms with Crippen molar-refractivity contribution in [3.8, 4) is 0 Å². The molecule has 1 aromatic heterocycles. The molecule has 0 saturated carbocycles. The van der Waals surface area contributed by atoms with Crippen molar-refractivity contribution >= 4 is 39.7 Å². The largest absolute Gasteiger partial charge is 0.328 e. The van der Waals surface area contributed by atoms with Gasteiger partial charge < -0.3 is 4.98 Å². The summed E-state index contributed by atoms with van der Waals surface area (Å²) in [6.07, 6.45) is 3.90. The molecule has 1 aliphatic heterocycles. The zero-order valence-electron chi connectivity index (χ0n) is 15.8. The highest BCUT2D eigenvalue weighted by molar-refractivity contribution is 6.34. The molecule has 0 atom stereocenters. The number of benzene rings is 2. The molecule has 0 amide bonds. The van der Waals surface area contributed by atoms with E-state index in [1.807, 2.05) is 18.2 Å². The SMILES string of the molecule is O=c1[nH]c2c(Cl)cccc2c(=O)n1CCCN1CC=C(c2cccc(Cl)c2)CC1. The third-order valence-electron chi connectivity index (χ3n) is 5.31. The van der Waals surface area contributed by atoms with Crippen LogP contribution in [0.1, 0.15) is 18.4 Å². The lowest BCUT2D eigenvalue weighted by Gasteiger charge is -2.26. The Morgan fingerprint density at radius 2 is 1.86 bits per heavy atom. The van der Waals surface area contributed by atoms with Crippen LogP contribution in [0.25, 0.3) is 16.5 Å². The molecule has 0 fully saturated rings. The molecule has 0 unspecified atom stereocenters. The van der Waals surface area contributed by atoms with E-state index < -0.39 is 5.69 Å². The molecule has 0 saturated heterocycles. The maximum Gasteiger partial charge on any atom is 0.328 e. The van der Waals surface area contributed by atoms with Gasteiger partial charge in [-0.1, -0.05) is 47.5 Å². The van der Waals surface area contributed by atoms with Gasteiger partial charge >= 0.3 is 5.69 Å². The van der Waals surface area contributed by atoms with E-state index in [4.69, 9.17) is 23.2 Å². The lowest BCUT2D eigenvalue weighted by atomic mass is 9.99. The van der Waals surface area contributed by atoms with E-state index in [0.29, 0.717) is 22.5 Å². The summed E-state index contributed by atoms with van der Waals surface area (Å²) < 4.78 is 1.26. The summed E-state index contributed by atoms with van der Waals surface area (Å²) in [5.74, 6) is 0. The van der Waals surface area contributed by atoms with Crippen LogP contribution in [0, 0.1) is 0 Å². The summed E-state index contributed by atoms with van der Waals surface area (Å²) in [6, 6.07) is 13.0. The highest BCUT2D eigenvalue weighted by Gasteiger charge is 2.14. The number of nitrogens with one attached hydrogen (secondary N) is 1. The quantitative estimate of drug-likeness (QED) is 0.661. The van der Waals surface area contributed by atoms with Crippen LogP contribution in [0.3, 0.4) is 0 Å². The van der Waals surface area contributed by atoms with Crippen molar-refractivity contribution in [1.29, 1.82) is 0 Å². The molecule has 4 rings (SSSR count). The van der Waals surface area contributed by atoms with Crippen LogP contribution < -0.4 is 11.2 Å². The van der Waals surface area contributed by atoms with Crippen molar-refractivity contribution in [2.24, 2.45) is 0 Å². The monoisotopic (exact) mass is 429 g/mol. The summed E-state index contributed by atoms with van der Waals surface area (Å²) in [7, 11) is 0. The third kappa shape index (κ3) is 4.32. The standard InChI is InChI=1S/C22H21Cl2N3O2/c23-17-5-1-4-16(14-17)15-8-12-26(13-9-15)10-3-11-27-21(28)18-6-2-7-19(24)20(18)25-22(27)29/h1-2,4-8,14H,3,9-13H2,(H,25,29). The van der Waals surface area contributed by atoms with Crippen LogP contribution in [-0.2, 0) is 6.54 Å². The molecular formula is C22H21Cl2N3O2. The number of halogens is 2. The van der Waals surface area contributed by atoms with Crippen molar-refractivity contribution in [3.63, 3.8) is 0 Å². The van der Waals surface area contributed by atoms with Crippen LogP contribution in [0.15, 0.2) is 58.1 Å².